The van der Waals surface area contributed by atoms with Crippen LogP contribution in [0, 0.1) is 5.92 Å². The van der Waals surface area contributed by atoms with Crippen LogP contribution in [0.25, 0.3) is 0 Å². The zero-order valence-electron chi connectivity index (χ0n) is 27.4. The minimum atomic E-state index is -0.724. The molecule has 2 aromatic rings. The number of nitrogens with zero attached hydrogens (tertiary/aromatic N) is 3. The molecule has 1 aliphatic carbocycles. The summed E-state index contributed by atoms with van der Waals surface area (Å²) in [6.07, 6.45) is 12.3. The van der Waals surface area contributed by atoms with Gasteiger partial charge in [0.05, 0.1) is 0 Å². The summed E-state index contributed by atoms with van der Waals surface area (Å²) in [5.74, 6) is 2.30. The van der Waals surface area contributed by atoms with Crippen LogP contribution in [-0.4, -0.2) is 76.7 Å². The summed E-state index contributed by atoms with van der Waals surface area (Å²) >= 11 is 0. The molecule has 3 saturated heterocycles. The first-order valence-electron chi connectivity index (χ1n) is 17.5. The van der Waals surface area contributed by atoms with E-state index < -0.39 is 5.54 Å². The number of hydrogen-bond acceptors (Lipinski definition) is 5. The van der Waals surface area contributed by atoms with Gasteiger partial charge in [-0.05, 0) is 86.4 Å². The quantitative estimate of drug-likeness (QED) is 0.315. The number of piperazine rings is 1. The molecule has 1 N–H and O–H groups in total. The van der Waals surface area contributed by atoms with Crippen LogP contribution in [0.3, 0.4) is 0 Å². The van der Waals surface area contributed by atoms with Gasteiger partial charge in [0.15, 0.2) is 0 Å². The Hall–Kier alpha value is -3.10. The summed E-state index contributed by atoms with van der Waals surface area (Å²) in [5, 5.41) is 3.21. The Bertz CT molecular complexity index is 1310. The molecular formula is C37H51ClN4O4. The first-order valence-corrected chi connectivity index (χ1v) is 17.5. The van der Waals surface area contributed by atoms with Gasteiger partial charge in [-0.25, -0.2) is 0 Å². The van der Waals surface area contributed by atoms with E-state index >= 15 is 0 Å². The maximum absolute atomic E-state index is 13.8. The normalized spacial score (nSPS) is 22.1. The van der Waals surface area contributed by atoms with E-state index in [0.29, 0.717) is 36.6 Å². The number of ether oxygens (including phenoxy) is 1. The zero-order valence-corrected chi connectivity index (χ0v) is 28.2. The summed E-state index contributed by atoms with van der Waals surface area (Å²) in [4.78, 5) is 46.5. The number of nitrogens with one attached hydrogen (secondary N) is 1. The molecule has 0 unspecified atom stereocenters. The number of piperidine rings is 1. The van der Waals surface area contributed by atoms with Gasteiger partial charge in [-0.2, -0.15) is 0 Å². The average Bonchev–Trinajstić information content (AvgIpc) is 3.61. The maximum Gasteiger partial charge on any atom is 0.253 e. The van der Waals surface area contributed by atoms with E-state index in [1.807, 2.05) is 46.2 Å². The van der Waals surface area contributed by atoms with Crippen LogP contribution in [0.15, 0.2) is 48.5 Å². The molecule has 6 rings (SSSR count). The van der Waals surface area contributed by atoms with Crippen molar-refractivity contribution in [3.05, 3.63) is 59.7 Å². The van der Waals surface area contributed by atoms with Crippen molar-refractivity contribution in [2.24, 2.45) is 5.92 Å². The van der Waals surface area contributed by atoms with Crippen molar-refractivity contribution in [2.75, 3.05) is 32.7 Å². The third-order valence-corrected chi connectivity index (χ3v) is 10.6. The van der Waals surface area contributed by atoms with Crippen LogP contribution in [0.2, 0.25) is 0 Å². The number of halogens is 1. The van der Waals surface area contributed by atoms with Crippen LogP contribution in [0.5, 0.6) is 11.5 Å². The van der Waals surface area contributed by atoms with Crippen LogP contribution < -0.4 is 10.1 Å². The lowest BCUT2D eigenvalue weighted by atomic mass is 9.79. The van der Waals surface area contributed by atoms with Gasteiger partial charge < -0.3 is 19.9 Å². The molecule has 2 aromatic carbocycles. The lowest BCUT2D eigenvalue weighted by Gasteiger charge is -2.52. The molecule has 0 radical (unpaired) electrons. The molecule has 0 aromatic heterocycles. The van der Waals surface area contributed by atoms with Crippen molar-refractivity contribution in [1.29, 1.82) is 0 Å². The average molecular weight is 651 g/mol. The van der Waals surface area contributed by atoms with E-state index in [1.54, 1.807) is 0 Å². The second-order valence-electron chi connectivity index (χ2n) is 13.7. The molecule has 1 saturated carbocycles. The monoisotopic (exact) mass is 650 g/mol. The first kappa shape index (κ1) is 34.2. The molecule has 250 valence electrons. The smallest absolute Gasteiger partial charge is 0.253 e. The Balaban J connectivity index is 0.00000417. The third kappa shape index (κ3) is 7.71. The molecule has 3 aliphatic heterocycles. The number of benzene rings is 2. The number of amides is 3. The summed E-state index contributed by atoms with van der Waals surface area (Å²) < 4.78 is 6.06. The minimum absolute atomic E-state index is 0. The molecule has 4 aliphatic rings. The molecule has 9 heteroatoms. The van der Waals surface area contributed by atoms with Gasteiger partial charge in [-0.3, -0.25) is 19.3 Å². The molecule has 1 spiro atoms. The van der Waals surface area contributed by atoms with E-state index in [-0.39, 0.29) is 36.2 Å². The van der Waals surface area contributed by atoms with Gasteiger partial charge in [0, 0.05) is 44.8 Å². The van der Waals surface area contributed by atoms with Crippen molar-refractivity contribution in [1.82, 2.24) is 20.0 Å². The topological polar surface area (TPSA) is 82.2 Å². The van der Waals surface area contributed by atoms with E-state index in [9.17, 15) is 14.4 Å². The Labute approximate surface area is 280 Å². The summed E-state index contributed by atoms with van der Waals surface area (Å²) in [5.41, 5.74) is 1.16. The zero-order chi connectivity index (χ0) is 31.2. The van der Waals surface area contributed by atoms with Crippen molar-refractivity contribution >= 4 is 30.1 Å². The molecule has 3 amide bonds. The summed E-state index contributed by atoms with van der Waals surface area (Å²) in [6, 6.07) is 15.2. The molecule has 0 bridgehead atoms. The highest BCUT2D eigenvalue weighted by molar-refractivity contribution is 6.00. The number of carbonyl (C=O) groups excluding carboxylic acids is 3. The highest BCUT2D eigenvalue weighted by Gasteiger charge is 2.53. The van der Waals surface area contributed by atoms with Gasteiger partial charge in [0.25, 0.3) is 5.91 Å². The standard InChI is InChI=1S/C37H50N4O4.ClH/c1-2-3-23-41-35(43)33(26-28-9-5-4-6-10-28)38-36(44)37(41)19-24-39(25-20-37)27-29-11-15-31(16-12-29)45-32-17-13-30(14-18-32)34(42)40-21-7-8-22-40;/h11-18,28,33H,2-10,19-27H2,1H3,(H,38,44);1H/t33-;/m0./s1. The van der Waals surface area contributed by atoms with Crippen molar-refractivity contribution < 1.29 is 19.1 Å². The van der Waals surface area contributed by atoms with Gasteiger partial charge in [-0.15, -0.1) is 12.4 Å². The number of carbonyl (C=O) groups is 3. The van der Waals surface area contributed by atoms with E-state index in [4.69, 9.17) is 4.74 Å². The number of unbranched alkanes of at least 4 members (excludes halogenated alkanes) is 1. The summed E-state index contributed by atoms with van der Waals surface area (Å²) in [7, 11) is 0. The van der Waals surface area contributed by atoms with Crippen LogP contribution in [-0.2, 0) is 16.1 Å². The van der Waals surface area contributed by atoms with Crippen molar-refractivity contribution in [3.8, 4) is 11.5 Å². The molecule has 4 fully saturated rings. The number of rotatable bonds is 10. The molecular weight excluding hydrogens is 600 g/mol. The molecule has 8 nitrogen and oxygen atoms in total. The van der Waals surface area contributed by atoms with Crippen molar-refractivity contribution in [3.63, 3.8) is 0 Å². The van der Waals surface area contributed by atoms with Crippen LogP contribution in [0.4, 0.5) is 0 Å². The highest BCUT2D eigenvalue weighted by Crippen LogP contribution is 2.36. The number of hydrogen-bond donors (Lipinski definition) is 1. The minimum Gasteiger partial charge on any atom is -0.457 e. The second-order valence-corrected chi connectivity index (χ2v) is 13.7. The molecule has 1 atom stereocenters. The predicted octanol–water partition coefficient (Wildman–Crippen LogP) is 6.57. The fraction of sp³-hybridized carbons (Fsp3) is 0.595. The Kier molecular flexibility index (Phi) is 11.7. The third-order valence-electron chi connectivity index (χ3n) is 10.6. The van der Waals surface area contributed by atoms with Gasteiger partial charge in [0.1, 0.15) is 23.1 Å². The fourth-order valence-electron chi connectivity index (χ4n) is 7.84. The Morgan fingerprint density at radius 1 is 0.870 bits per heavy atom. The lowest BCUT2D eigenvalue weighted by molar-refractivity contribution is -0.162. The Morgan fingerprint density at radius 2 is 1.50 bits per heavy atom. The predicted molar refractivity (Wildman–Crippen MR) is 182 cm³/mol. The lowest BCUT2D eigenvalue weighted by Crippen LogP contribution is -2.73. The van der Waals surface area contributed by atoms with Gasteiger partial charge in [0.2, 0.25) is 11.8 Å². The Morgan fingerprint density at radius 3 is 2.13 bits per heavy atom. The van der Waals surface area contributed by atoms with Gasteiger partial charge >= 0.3 is 0 Å². The molecule has 3 heterocycles. The van der Waals surface area contributed by atoms with Crippen LogP contribution >= 0.6 is 12.4 Å². The van der Waals surface area contributed by atoms with E-state index in [2.05, 4.69) is 29.3 Å². The van der Waals surface area contributed by atoms with Crippen molar-refractivity contribution in [2.45, 2.75) is 102 Å². The first-order chi connectivity index (χ1) is 21.9. The fourth-order valence-corrected chi connectivity index (χ4v) is 7.84. The van der Waals surface area contributed by atoms with Gasteiger partial charge in [-0.1, -0.05) is 57.6 Å². The number of likely N-dealkylation sites (tertiary alicyclic amines) is 2. The van der Waals surface area contributed by atoms with E-state index in [0.717, 1.165) is 70.6 Å². The van der Waals surface area contributed by atoms with Crippen LogP contribution in [0.1, 0.15) is 99.9 Å². The molecule has 46 heavy (non-hydrogen) atoms. The van der Waals surface area contributed by atoms with E-state index in [1.165, 1.54) is 37.7 Å². The SMILES string of the molecule is CCCCN1C(=O)[C@H](CC2CCCCC2)NC(=O)C12CCN(Cc1ccc(Oc3ccc(C(=O)N4CCCC4)cc3)cc1)CC2.Cl. The largest absolute Gasteiger partial charge is 0.457 e. The highest BCUT2D eigenvalue weighted by atomic mass is 35.5. The second kappa shape index (κ2) is 15.7. The maximum atomic E-state index is 13.8. The summed E-state index contributed by atoms with van der Waals surface area (Å²) in [6.45, 7) is 6.84.